The zero-order valence-electron chi connectivity index (χ0n) is 10.0. The summed E-state index contributed by atoms with van der Waals surface area (Å²) < 4.78 is 4.93. The van der Waals surface area contributed by atoms with Crippen LogP contribution in [0.25, 0.3) is 0 Å². The van der Waals surface area contributed by atoms with E-state index in [1.165, 1.54) is 0 Å². The molecule has 0 spiro atoms. The van der Waals surface area contributed by atoms with Gasteiger partial charge in [-0.1, -0.05) is 23.2 Å². The van der Waals surface area contributed by atoms with Crippen LogP contribution < -0.4 is 16.6 Å². The van der Waals surface area contributed by atoms with E-state index < -0.39 is 0 Å². The van der Waals surface area contributed by atoms with Crippen LogP contribution >= 0.6 is 23.2 Å². The molecule has 4 N–H and O–H groups in total. The molecule has 0 fully saturated rings. The van der Waals surface area contributed by atoms with Crippen LogP contribution in [0.3, 0.4) is 0 Å². The lowest BCUT2D eigenvalue weighted by Crippen LogP contribution is -2.36. The maximum Gasteiger partial charge on any atom is 0.210 e. The predicted octanol–water partition coefficient (Wildman–Crippen LogP) is 2.26. The topological polar surface area (TPSA) is 71.7 Å². The summed E-state index contributed by atoms with van der Waals surface area (Å²) in [5, 5.41) is 4.08. The van der Waals surface area contributed by atoms with Gasteiger partial charge in [0.25, 0.3) is 0 Å². The van der Waals surface area contributed by atoms with Gasteiger partial charge in [0, 0.05) is 36.0 Å². The summed E-state index contributed by atoms with van der Waals surface area (Å²) in [6.45, 7) is 1.26. The zero-order chi connectivity index (χ0) is 13.4. The van der Waals surface area contributed by atoms with Crippen LogP contribution in [-0.2, 0) is 4.74 Å². The first kappa shape index (κ1) is 15.0. The van der Waals surface area contributed by atoms with Gasteiger partial charge in [-0.05, 0) is 24.6 Å². The first-order chi connectivity index (χ1) is 8.65. The Bertz CT molecular complexity index is 392. The van der Waals surface area contributed by atoms with Crippen molar-refractivity contribution in [2.24, 2.45) is 10.8 Å². The van der Waals surface area contributed by atoms with Crippen molar-refractivity contribution < 1.29 is 4.74 Å². The normalized spacial score (nSPS) is 11.4. The largest absolute Gasteiger partial charge is 0.385 e. The third-order valence-electron chi connectivity index (χ3n) is 2.04. The minimum atomic E-state index is 0.449. The van der Waals surface area contributed by atoms with E-state index in [-0.39, 0.29) is 0 Å². The molecule has 0 heterocycles. The quantitative estimate of drug-likeness (QED) is 0.256. The fourth-order valence-electron chi connectivity index (χ4n) is 1.28. The zero-order valence-corrected chi connectivity index (χ0v) is 11.6. The van der Waals surface area contributed by atoms with Crippen LogP contribution in [0.5, 0.6) is 0 Å². The van der Waals surface area contributed by atoms with Crippen LogP contribution in [-0.4, -0.2) is 26.2 Å². The Labute approximate surface area is 116 Å². The number of guanidine groups is 1. The van der Waals surface area contributed by atoms with Gasteiger partial charge < -0.3 is 10.1 Å². The molecule has 18 heavy (non-hydrogen) atoms. The molecule has 0 unspecified atom stereocenters. The summed E-state index contributed by atoms with van der Waals surface area (Å²) in [5.74, 6) is 5.82. The number of nitrogens with two attached hydrogens (primary N) is 1. The van der Waals surface area contributed by atoms with Gasteiger partial charge in [0.1, 0.15) is 0 Å². The molecule has 1 rings (SSSR count). The molecular weight excluding hydrogens is 275 g/mol. The Morgan fingerprint density at radius 3 is 2.56 bits per heavy atom. The standard InChI is InChI=1S/C11H16Cl2N4O/c1-18-4-2-3-15-11(17-14)16-10-6-8(12)5-9(13)7-10/h5-7H,2-4,14H2,1H3,(H2,15,16,17). The molecule has 0 radical (unpaired) electrons. The molecule has 0 saturated heterocycles. The minimum Gasteiger partial charge on any atom is -0.385 e. The molecule has 0 aromatic heterocycles. The number of rotatable bonds is 5. The fourth-order valence-corrected chi connectivity index (χ4v) is 1.81. The Kier molecular flexibility index (Phi) is 6.82. The second kappa shape index (κ2) is 8.16. The van der Waals surface area contributed by atoms with Crippen LogP contribution in [0.1, 0.15) is 6.42 Å². The molecule has 100 valence electrons. The molecular formula is C11H16Cl2N4O. The molecule has 5 nitrogen and oxygen atoms in total. The van der Waals surface area contributed by atoms with Gasteiger partial charge in [-0.2, -0.15) is 0 Å². The Balaban J connectivity index is 2.61. The lowest BCUT2D eigenvalue weighted by molar-refractivity contribution is 0.197. The van der Waals surface area contributed by atoms with Crippen molar-refractivity contribution in [3.8, 4) is 0 Å². The molecule has 1 aromatic carbocycles. The lowest BCUT2D eigenvalue weighted by Gasteiger charge is -2.10. The summed E-state index contributed by atoms with van der Waals surface area (Å²) >= 11 is 11.8. The van der Waals surface area contributed by atoms with E-state index in [4.69, 9.17) is 33.8 Å². The number of ether oxygens (including phenoxy) is 1. The van der Waals surface area contributed by atoms with Crippen LogP contribution in [0, 0.1) is 0 Å². The number of nitrogens with zero attached hydrogens (tertiary/aromatic N) is 1. The third-order valence-corrected chi connectivity index (χ3v) is 2.47. The fraction of sp³-hybridized carbons (Fsp3) is 0.364. The van der Waals surface area contributed by atoms with E-state index in [0.717, 1.165) is 12.1 Å². The number of halogens is 2. The predicted molar refractivity (Wildman–Crippen MR) is 76.2 cm³/mol. The van der Waals surface area contributed by atoms with Gasteiger partial charge in [0.05, 0.1) is 0 Å². The van der Waals surface area contributed by atoms with Crippen molar-refractivity contribution in [3.63, 3.8) is 0 Å². The molecule has 0 aliphatic heterocycles. The lowest BCUT2D eigenvalue weighted by atomic mass is 10.3. The van der Waals surface area contributed by atoms with Gasteiger partial charge in [0.15, 0.2) is 0 Å². The number of nitrogens with one attached hydrogen (secondary N) is 2. The number of aliphatic imine (C=N–C) groups is 1. The second-order valence-electron chi connectivity index (χ2n) is 3.50. The first-order valence-corrected chi connectivity index (χ1v) is 6.14. The molecule has 7 heteroatoms. The minimum absolute atomic E-state index is 0.449. The van der Waals surface area contributed by atoms with Gasteiger partial charge >= 0.3 is 0 Å². The molecule has 0 atom stereocenters. The number of hydrazine groups is 1. The third kappa shape index (κ3) is 5.55. The van der Waals surface area contributed by atoms with Crippen molar-refractivity contribution in [1.29, 1.82) is 0 Å². The summed E-state index contributed by atoms with van der Waals surface area (Å²) in [5.41, 5.74) is 3.20. The highest BCUT2D eigenvalue weighted by Gasteiger charge is 2.01. The molecule has 0 aliphatic carbocycles. The van der Waals surface area contributed by atoms with Crippen molar-refractivity contribution in [2.75, 3.05) is 25.6 Å². The van der Waals surface area contributed by atoms with Gasteiger partial charge in [-0.15, -0.1) is 0 Å². The van der Waals surface area contributed by atoms with Crippen molar-refractivity contribution in [3.05, 3.63) is 28.2 Å². The van der Waals surface area contributed by atoms with E-state index in [0.29, 0.717) is 29.2 Å². The van der Waals surface area contributed by atoms with Crippen molar-refractivity contribution >= 4 is 34.8 Å². The average Bonchev–Trinajstić information content (AvgIpc) is 2.32. The van der Waals surface area contributed by atoms with Gasteiger partial charge in [0.2, 0.25) is 5.96 Å². The molecule has 0 aliphatic rings. The van der Waals surface area contributed by atoms with E-state index in [2.05, 4.69) is 15.7 Å². The summed E-state index contributed by atoms with van der Waals surface area (Å²) in [4.78, 5) is 4.24. The Morgan fingerprint density at radius 2 is 2.00 bits per heavy atom. The Hall–Kier alpha value is -1.01. The maximum absolute atomic E-state index is 5.89. The summed E-state index contributed by atoms with van der Waals surface area (Å²) in [7, 11) is 1.65. The first-order valence-electron chi connectivity index (χ1n) is 5.39. The number of anilines is 1. The maximum atomic E-state index is 5.89. The molecule has 0 saturated carbocycles. The monoisotopic (exact) mass is 290 g/mol. The molecule has 1 aromatic rings. The van der Waals surface area contributed by atoms with Crippen LogP contribution in [0.4, 0.5) is 5.69 Å². The van der Waals surface area contributed by atoms with E-state index in [9.17, 15) is 0 Å². The smallest absolute Gasteiger partial charge is 0.210 e. The number of methoxy groups -OCH3 is 1. The highest BCUT2D eigenvalue weighted by atomic mass is 35.5. The van der Waals surface area contributed by atoms with Crippen molar-refractivity contribution in [2.45, 2.75) is 6.42 Å². The average molecular weight is 291 g/mol. The number of hydrogen-bond acceptors (Lipinski definition) is 3. The van der Waals surface area contributed by atoms with Crippen LogP contribution in [0.2, 0.25) is 10.0 Å². The van der Waals surface area contributed by atoms with E-state index in [1.807, 2.05) is 0 Å². The molecule has 0 bridgehead atoms. The number of benzene rings is 1. The van der Waals surface area contributed by atoms with Crippen LogP contribution in [0.15, 0.2) is 23.2 Å². The summed E-state index contributed by atoms with van der Waals surface area (Å²) in [6.07, 6.45) is 0.819. The van der Waals surface area contributed by atoms with Gasteiger partial charge in [-0.3, -0.25) is 10.4 Å². The summed E-state index contributed by atoms with van der Waals surface area (Å²) in [6, 6.07) is 5.12. The molecule has 0 amide bonds. The van der Waals surface area contributed by atoms with E-state index >= 15 is 0 Å². The second-order valence-corrected chi connectivity index (χ2v) is 4.38. The Morgan fingerprint density at radius 1 is 1.33 bits per heavy atom. The highest BCUT2D eigenvalue weighted by Crippen LogP contribution is 2.22. The van der Waals surface area contributed by atoms with Gasteiger partial charge in [-0.25, -0.2) is 5.84 Å². The SMILES string of the molecule is COCCCN=C(NN)Nc1cc(Cl)cc(Cl)c1. The van der Waals surface area contributed by atoms with Crippen molar-refractivity contribution in [1.82, 2.24) is 5.43 Å². The highest BCUT2D eigenvalue weighted by molar-refractivity contribution is 6.35. The number of hydrogen-bond donors (Lipinski definition) is 3. The van der Waals surface area contributed by atoms with E-state index in [1.54, 1.807) is 25.3 Å².